The lowest BCUT2D eigenvalue weighted by Crippen LogP contribution is -2.25. The largest absolute Gasteiger partial charge is 0.493 e. The van der Waals surface area contributed by atoms with Crippen LogP contribution < -0.4 is 14.9 Å². The summed E-state index contributed by atoms with van der Waals surface area (Å²) in [5, 5.41) is 10.2. The number of halogens is 2. The Labute approximate surface area is 200 Å². The summed E-state index contributed by atoms with van der Waals surface area (Å²) in [4.78, 5) is 12.6. The van der Waals surface area contributed by atoms with Crippen molar-refractivity contribution in [2.75, 3.05) is 12.5 Å². The fraction of sp³-hybridized carbons (Fsp3) is 0.167. The van der Waals surface area contributed by atoms with Crippen LogP contribution in [0.1, 0.15) is 22.5 Å². The number of ether oxygens (including phenoxy) is 2. The molecule has 0 fully saturated rings. The van der Waals surface area contributed by atoms with Gasteiger partial charge in [-0.3, -0.25) is 14.9 Å². The zero-order valence-corrected chi connectivity index (χ0v) is 20.1. The fourth-order valence-electron chi connectivity index (χ4n) is 3.02. The molecule has 3 rings (SSSR count). The minimum absolute atomic E-state index is 0.0405. The first-order valence-electron chi connectivity index (χ1n) is 9.65. The van der Waals surface area contributed by atoms with Gasteiger partial charge in [-0.25, -0.2) is 0 Å². The number of benzene rings is 2. The van der Waals surface area contributed by atoms with E-state index in [4.69, 9.17) is 21.1 Å². The predicted octanol–water partition coefficient (Wildman–Crippen LogP) is 5.79. The topological polar surface area (TPSA) is 76.3 Å². The summed E-state index contributed by atoms with van der Waals surface area (Å²) in [6.45, 7) is 4.06. The maximum atomic E-state index is 12.6. The SMILES string of the molecule is COc1cc(/C=C(/C#N)C(=O)Nn2c(C)ccc2C)cc(Br)c1OCc1ccc(Cl)cc1. The van der Waals surface area contributed by atoms with Crippen molar-refractivity contribution in [2.24, 2.45) is 0 Å². The molecule has 0 unspecified atom stereocenters. The highest BCUT2D eigenvalue weighted by atomic mass is 79.9. The number of nitriles is 1. The number of carbonyl (C=O) groups is 1. The molecule has 8 heteroatoms. The van der Waals surface area contributed by atoms with Crippen LogP contribution in [0.3, 0.4) is 0 Å². The van der Waals surface area contributed by atoms with Crippen LogP contribution in [0.4, 0.5) is 0 Å². The third-order valence-corrected chi connectivity index (χ3v) is 5.55. The number of carbonyl (C=O) groups excluding carboxylic acids is 1. The molecule has 1 heterocycles. The number of methoxy groups -OCH3 is 1. The fourth-order valence-corrected chi connectivity index (χ4v) is 3.72. The van der Waals surface area contributed by atoms with Gasteiger partial charge in [-0.15, -0.1) is 0 Å². The predicted molar refractivity (Wildman–Crippen MR) is 128 cm³/mol. The molecule has 2 aromatic carbocycles. The quantitative estimate of drug-likeness (QED) is 0.320. The molecule has 0 aliphatic heterocycles. The van der Waals surface area contributed by atoms with E-state index < -0.39 is 5.91 Å². The average Bonchev–Trinajstić information content (AvgIpc) is 3.09. The maximum Gasteiger partial charge on any atom is 0.280 e. The van der Waals surface area contributed by atoms with Crippen molar-refractivity contribution in [1.82, 2.24) is 4.68 Å². The molecule has 164 valence electrons. The van der Waals surface area contributed by atoms with Gasteiger partial charge in [0.1, 0.15) is 18.2 Å². The number of amides is 1. The van der Waals surface area contributed by atoms with Gasteiger partial charge in [-0.05, 0) is 83.4 Å². The van der Waals surface area contributed by atoms with E-state index >= 15 is 0 Å². The molecule has 3 aromatic rings. The smallest absolute Gasteiger partial charge is 0.280 e. The second-order valence-corrected chi connectivity index (χ2v) is 8.30. The first kappa shape index (κ1) is 23.5. The zero-order chi connectivity index (χ0) is 23.3. The number of aryl methyl sites for hydroxylation is 2. The molecule has 1 aromatic heterocycles. The summed E-state index contributed by atoms with van der Waals surface area (Å²) in [6, 6.07) is 16.6. The van der Waals surface area contributed by atoms with Gasteiger partial charge >= 0.3 is 0 Å². The zero-order valence-electron chi connectivity index (χ0n) is 17.8. The van der Waals surface area contributed by atoms with Crippen molar-refractivity contribution < 1.29 is 14.3 Å². The monoisotopic (exact) mass is 513 g/mol. The molecule has 0 atom stereocenters. The summed E-state index contributed by atoms with van der Waals surface area (Å²) >= 11 is 9.42. The molecular formula is C24H21BrClN3O3. The molecule has 0 saturated heterocycles. The standard InChI is InChI=1S/C24H21BrClN3O3/c1-15-4-5-16(2)29(15)28-24(30)19(13-27)10-18-11-21(25)23(22(12-18)31-3)32-14-17-6-8-20(26)9-7-17/h4-12H,14H2,1-3H3,(H,28,30)/b19-10-. The highest BCUT2D eigenvalue weighted by molar-refractivity contribution is 9.10. The highest BCUT2D eigenvalue weighted by Crippen LogP contribution is 2.37. The Morgan fingerprint density at radius 3 is 2.44 bits per heavy atom. The van der Waals surface area contributed by atoms with Gasteiger partial charge in [0.25, 0.3) is 5.91 Å². The molecule has 32 heavy (non-hydrogen) atoms. The Kier molecular flexibility index (Phi) is 7.62. The minimum Gasteiger partial charge on any atom is -0.493 e. The number of nitrogens with one attached hydrogen (secondary N) is 1. The lowest BCUT2D eigenvalue weighted by molar-refractivity contribution is -0.113. The van der Waals surface area contributed by atoms with E-state index in [1.54, 1.807) is 28.9 Å². The van der Waals surface area contributed by atoms with Gasteiger partial charge in [-0.2, -0.15) is 5.26 Å². The normalized spacial score (nSPS) is 11.1. The maximum absolute atomic E-state index is 12.6. The van der Waals surface area contributed by atoms with Crippen molar-refractivity contribution in [3.8, 4) is 17.6 Å². The summed E-state index contributed by atoms with van der Waals surface area (Å²) < 4.78 is 13.7. The number of rotatable bonds is 7. The van der Waals surface area contributed by atoms with Gasteiger partial charge in [0, 0.05) is 16.4 Å². The van der Waals surface area contributed by atoms with E-state index in [1.807, 2.05) is 44.2 Å². The van der Waals surface area contributed by atoms with E-state index in [2.05, 4.69) is 21.4 Å². The van der Waals surface area contributed by atoms with Crippen molar-refractivity contribution in [1.29, 1.82) is 5.26 Å². The van der Waals surface area contributed by atoms with Crippen molar-refractivity contribution >= 4 is 39.5 Å². The molecule has 0 aliphatic carbocycles. The summed E-state index contributed by atoms with van der Waals surface area (Å²) in [7, 11) is 1.53. The molecule has 1 N–H and O–H groups in total. The van der Waals surface area contributed by atoms with E-state index in [0.717, 1.165) is 17.0 Å². The Morgan fingerprint density at radius 1 is 1.19 bits per heavy atom. The van der Waals surface area contributed by atoms with Gasteiger partial charge in [-0.1, -0.05) is 23.7 Å². The summed E-state index contributed by atoms with van der Waals surface area (Å²) in [5.41, 5.74) is 5.98. The molecule has 0 spiro atoms. The molecular weight excluding hydrogens is 494 g/mol. The molecule has 0 radical (unpaired) electrons. The van der Waals surface area contributed by atoms with Crippen LogP contribution in [0.5, 0.6) is 11.5 Å². The van der Waals surface area contributed by atoms with E-state index in [9.17, 15) is 10.1 Å². The molecule has 0 saturated carbocycles. The second kappa shape index (κ2) is 10.4. The van der Waals surface area contributed by atoms with Crippen molar-refractivity contribution in [3.63, 3.8) is 0 Å². The first-order chi connectivity index (χ1) is 15.3. The van der Waals surface area contributed by atoms with Gasteiger partial charge in [0.2, 0.25) is 0 Å². The van der Waals surface area contributed by atoms with Crippen LogP contribution in [0.15, 0.2) is 58.6 Å². The van der Waals surface area contributed by atoms with Gasteiger partial charge in [0.15, 0.2) is 11.5 Å². The molecule has 6 nitrogen and oxygen atoms in total. The molecule has 1 amide bonds. The Morgan fingerprint density at radius 2 is 1.84 bits per heavy atom. The molecule has 0 bridgehead atoms. The second-order valence-electron chi connectivity index (χ2n) is 7.01. The minimum atomic E-state index is -0.506. The van der Waals surface area contributed by atoms with Gasteiger partial charge < -0.3 is 9.47 Å². The summed E-state index contributed by atoms with van der Waals surface area (Å²) in [6.07, 6.45) is 1.50. The third kappa shape index (κ3) is 5.52. The number of nitrogens with zero attached hydrogens (tertiary/aromatic N) is 2. The summed E-state index contributed by atoms with van der Waals surface area (Å²) in [5.74, 6) is 0.476. The van der Waals surface area contributed by atoms with Crippen LogP contribution in [0.2, 0.25) is 5.02 Å². The van der Waals surface area contributed by atoms with E-state index in [-0.39, 0.29) is 5.57 Å². The Bertz CT molecular complexity index is 1190. The van der Waals surface area contributed by atoms with E-state index in [0.29, 0.717) is 33.2 Å². The Balaban J connectivity index is 1.83. The lowest BCUT2D eigenvalue weighted by atomic mass is 10.1. The van der Waals surface area contributed by atoms with Crippen molar-refractivity contribution in [2.45, 2.75) is 20.5 Å². The van der Waals surface area contributed by atoms with Crippen LogP contribution in [-0.2, 0) is 11.4 Å². The van der Waals surface area contributed by atoms with Crippen LogP contribution >= 0.6 is 27.5 Å². The number of hydrogen-bond acceptors (Lipinski definition) is 4. The lowest BCUT2D eigenvalue weighted by Gasteiger charge is -2.14. The average molecular weight is 515 g/mol. The third-order valence-electron chi connectivity index (χ3n) is 4.71. The highest BCUT2D eigenvalue weighted by Gasteiger charge is 2.15. The molecule has 0 aliphatic rings. The number of aromatic nitrogens is 1. The van der Waals surface area contributed by atoms with Gasteiger partial charge in [0.05, 0.1) is 11.6 Å². The Hall–Kier alpha value is -3.21. The van der Waals surface area contributed by atoms with Crippen LogP contribution in [-0.4, -0.2) is 17.7 Å². The number of hydrogen-bond donors (Lipinski definition) is 1. The van der Waals surface area contributed by atoms with Crippen LogP contribution in [0.25, 0.3) is 6.08 Å². The van der Waals surface area contributed by atoms with Crippen LogP contribution in [0, 0.1) is 25.2 Å². The first-order valence-corrected chi connectivity index (χ1v) is 10.8. The van der Waals surface area contributed by atoms with Crippen molar-refractivity contribution in [3.05, 3.63) is 86.1 Å². The van der Waals surface area contributed by atoms with E-state index in [1.165, 1.54) is 13.2 Å².